The molecule has 1 aliphatic rings. The molecule has 0 spiro atoms. The smallest absolute Gasteiger partial charge is 0.416 e. The summed E-state index contributed by atoms with van der Waals surface area (Å²) in [6.45, 7) is 1.83. The second kappa shape index (κ2) is 8.04. The summed E-state index contributed by atoms with van der Waals surface area (Å²) in [5.74, 6) is -0.393. The molecule has 0 N–H and O–H groups in total. The number of ether oxygens (including phenoxy) is 1. The molecule has 2 atom stereocenters. The number of alkyl halides is 3. The lowest BCUT2D eigenvalue weighted by atomic mass is 9.87. The molecular formula is C21H18F3NO3S. The summed E-state index contributed by atoms with van der Waals surface area (Å²) in [7, 11) is 0. The Kier molecular flexibility index (Phi) is 5.86. The predicted molar refractivity (Wildman–Crippen MR) is 104 cm³/mol. The minimum atomic E-state index is -4.42. The fourth-order valence-corrected chi connectivity index (χ4v) is 3.57. The molecule has 0 aromatic heterocycles. The van der Waals surface area contributed by atoms with Crippen LogP contribution in [0.25, 0.3) is 0 Å². The van der Waals surface area contributed by atoms with Gasteiger partial charge in [-0.3, -0.25) is 4.99 Å². The number of hydrogen-bond acceptors (Lipinski definition) is 4. The number of hydrogen-bond donors (Lipinski definition) is 0. The molecule has 0 saturated heterocycles. The first-order valence-electron chi connectivity index (χ1n) is 8.76. The summed E-state index contributed by atoms with van der Waals surface area (Å²) >= 11 is -1.22. The Balaban J connectivity index is 1.82. The van der Waals surface area contributed by atoms with Gasteiger partial charge in [-0.05, 0) is 53.5 Å². The van der Waals surface area contributed by atoms with Gasteiger partial charge in [0.05, 0.1) is 11.1 Å². The standard InChI is InChI=1S/C21H18F3NO3S/c1-3-20(15-7-9-16(10-8-15)21(22,23)24)12-14(13-25-20)19(26)28-17-5-4-6-18(11-17)29(2)27/h4-13H,3H2,1-2H3. The second-order valence-electron chi connectivity index (χ2n) is 6.53. The van der Waals surface area contributed by atoms with E-state index in [1.807, 2.05) is 6.92 Å². The molecule has 2 unspecified atom stereocenters. The Bertz CT molecular complexity index is 968. The number of nitrogens with zero attached hydrogens (tertiary/aromatic N) is 1. The SMILES string of the molecule is CCC1(c2ccc(C(F)(F)F)cc2)C=C(C(=O)Oc2cccc([S+](C)[O-])c2)C=N1. The quantitative estimate of drug-likeness (QED) is 0.401. The Morgan fingerprint density at radius 2 is 1.90 bits per heavy atom. The molecule has 1 heterocycles. The second-order valence-corrected chi connectivity index (χ2v) is 7.91. The van der Waals surface area contributed by atoms with Crippen LogP contribution in [-0.4, -0.2) is 23.0 Å². The topological polar surface area (TPSA) is 61.7 Å². The number of esters is 1. The first-order valence-corrected chi connectivity index (χ1v) is 10.3. The van der Waals surface area contributed by atoms with Crippen molar-refractivity contribution >= 4 is 23.4 Å². The maximum Gasteiger partial charge on any atom is 0.416 e. The highest BCUT2D eigenvalue weighted by molar-refractivity contribution is 7.90. The summed E-state index contributed by atoms with van der Waals surface area (Å²) in [6.07, 6.45) is 0.520. The fourth-order valence-electron chi connectivity index (χ4n) is 3.01. The van der Waals surface area contributed by atoms with Crippen molar-refractivity contribution in [3.05, 3.63) is 71.3 Å². The maximum atomic E-state index is 12.8. The van der Waals surface area contributed by atoms with Crippen LogP contribution in [0, 0.1) is 0 Å². The van der Waals surface area contributed by atoms with E-state index in [1.54, 1.807) is 24.3 Å². The van der Waals surface area contributed by atoms with Crippen LogP contribution in [0.3, 0.4) is 0 Å². The van der Waals surface area contributed by atoms with Crippen molar-refractivity contribution < 1.29 is 27.3 Å². The summed E-state index contributed by atoms with van der Waals surface area (Å²) in [5.41, 5.74) is -0.915. The van der Waals surface area contributed by atoms with Gasteiger partial charge in [-0.1, -0.05) is 25.1 Å². The summed E-state index contributed by atoms with van der Waals surface area (Å²) in [5, 5.41) is 0. The fraction of sp³-hybridized carbons (Fsp3) is 0.238. The summed E-state index contributed by atoms with van der Waals surface area (Å²) < 4.78 is 55.3. The Hall–Kier alpha value is -2.58. The third-order valence-electron chi connectivity index (χ3n) is 4.66. The van der Waals surface area contributed by atoms with Gasteiger partial charge in [-0.25, -0.2) is 4.79 Å². The van der Waals surface area contributed by atoms with E-state index in [4.69, 9.17) is 4.74 Å². The molecule has 152 valence electrons. The molecule has 8 heteroatoms. The molecule has 0 amide bonds. The molecule has 1 aliphatic heterocycles. The average molecular weight is 421 g/mol. The minimum Gasteiger partial charge on any atom is -0.612 e. The number of halogens is 3. The van der Waals surface area contributed by atoms with Gasteiger partial charge in [0.15, 0.2) is 4.90 Å². The van der Waals surface area contributed by atoms with Crippen LogP contribution in [-0.2, 0) is 27.7 Å². The Morgan fingerprint density at radius 1 is 1.21 bits per heavy atom. The van der Waals surface area contributed by atoms with E-state index < -0.39 is 34.4 Å². The van der Waals surface area contributed by atoms with Crippen LogP contribution < -0.4 is 4.74 Å². The third-order valence-corrected chi connectivity index (χ3v) is 5.58. The van der Waals surface area contributed by atoms with Crippen molar-refractivity contribution in [2.45, 2.75) is 30.0 Å². The highest BCUT2D eigenvalue weighted by atomic mass is 32.2. The van der Waals surface area contributed by atoms with Gasteiger partial charge >= 0.3 is 12.1 Å². The largest absolute Gasteiger partial charge is 0.612 e. The lowest BCUT2D eigenvalue weighted by Crippen LogP contribution is -2.19. The molecule has 2 aromatic rings. The zero-order valence-electron chi connectivity index (χ0n) is 15.7. The molecule has 0 aliphatic carbocycles. The van der Waals surface area contributed by atoms with E-state index in [0.29, 0.717) is 16.9 Å². The summed E-state index contributed by atoms with van der Waals surface area (Å²) in [6, 6.07) is 11.1. The number of carbonyl (C=O) groups is 1. The first kappa shape index (κ1) is 21.1. The number of aliphatic imine (C=N–C) groups is 1. The molecule has 3 rings (SSSR count). The van der Waals surface area contributed by atoms with E-state index >= 15 is 0 Å². The van der Waals surface area contributed by atoms with Crippen LogP contribution >= 0.6 is 0 Å². The van der Waals surface area contributed by atoms with Crippen molar-refractivity contribution in [2.24, 2.45) is 4.99 Å². The van der Waals surface area contributed by atoms with Gasteiger partial charge in [0, 0.05) is 12.3 Å². The van der Waals surface area contributed by atoms with Crippen molar-refractivity contribution in [1.82, 2.24) is 0 Å². The van der Waals surface area contributed by atoms with Crippen molar-refractivity contribution in [1.29, 1.82) is 0 Å². The molecule has 0 saturated carbocycles. The Morgan fingerprint density at radius 3 is 2.48 bits per heavy atom. The third kappa shape index (κ3) is 4.54. The van der Waals surface area contributed by atoms with E-state index in [-0.39, 0.29) is 11.3 Å². The molecular weight excluding hydrogens is 403 g/mol. The number of carbonyl (C=O) groups excluding carboxylic acids is 1. The lowest BCUT2D eigenvalue weighted by molar-refractivity contribution is -0.137. The normalized spacial score (nSPS) is 19.7. The first-order chi connectivity index (χ1) is 13.6. The minimum absolute atomic E-state index is 0.203. The molecule has 0 bridgehead atoms. The van der Waals surface area contributed by atoms with E-state index in [1.165, 1.54) is 30.7 Å². The zero-order chi connectivity index (χ0) is 21.2. The molecule has 0 radical (unpaired) electrons. The molecule has 4 nitrogen and oxygen atoms in total. The van der Waals surface area contributed by atoms with Gasteiger partial charge in [-0.2, -0.15) is 13.2 Å². The van der Waals surface area contributed by atoms with Crippen LogP contribution in [0.4, 0.5) is 13.2 Å². The average Bonchev–Trinajstić information content (AvgIpc) is 3.14. The molecule has 2 aromatic carbocycles. The van der Waals surface area contributed by atoms with Gasteiger partial charge in [-0.15, -0.1) is 0 Å². The summed E-state index contributed by atoms with van der Waals surface area (Å²) in [4.78, 5) is 17.4. The maximum absolute atomic E-state index is 12.8. The van der Waals surface area contributed by atoms with Crippen LogP contribution in [0.1, 0.15) is 24.5 Å². The monoisotopic (exact) mass is 421 g/mol. The Labute approximate surface area is 169 Å². The van der Waals surface area contributed by atoms with E-state index in [0.717, 1.165) is 12.1 Å². The predicted octanol–water partition coefficient (Wildman–Crippen LogP) is 4.66. The van der Waals surface area contributed by atoms with Crippen LogP contribution in [0.15, 0.2) is 70.1 Å². The van der Waals surface area contributed by atoms with E-state index in [2.05, 4.69) is 4.99 Å². The number of benzene rings is 2. The van der Waals surface area contributed by atoms with Crippen LogP contribution in [0.2, 0.25) is 0 Å². The van der Waals surface area contributed by atoms with Gasteiger partial charge in [0.1, 0.15) is 17.5 Å². The molecule has 0 fully saturated rings. The highest BCUT2D eigenvalue weighted by Crippen LogP contribution is 2.38. The van der Waals surface area contributed by atoms with Gasteiger partial charge in [0.2, 0.25) is 0 Å². The lowest BCUT2D eigenvalue weighted by Gasteiger charge is -2.23. The number of rotatable bonds is 5. The highest BCUT2D eigenvalue weighted by Gasteiger charge is 2.35. The van der Waals surface area contributed by atoms with Crippen LogP contribution in [0.5, 0.6) is 5.75 Å². The van der Waals surface area contributed by atoms with E-state index in [9.17, 15) is 22.5 Å². The van der Waals surface area contributed by atoms with Crippen molar-refractivity contribution in [3.8, 4) is 5.75 Å². The van der Waals surface area contributed by atoms with Gasteiger partial charge < -0.3 is 9.29 Å². The van der Waals surface area contributed by atoms with Gasteiger partial charge in [0.25, 0.3) is 0 Å². The van der Waals surface area contributed by atoms with Crippen molar-refractivity contribution in [3.63, 3.8) is 0 Å². The van der Waals surface area contributed by atoms with Crippen molar-refractivity contribution in [2.75, 3.05) is 6.26 Å². The molecule has 29 heavy (non-hydrogen) atoms. The zero-order valence-corrected chi connectivity index (χ0v) is 16.5.